The first-order chi connectivity index (χ1) is 9.49. The maximum atomic E-state index is 11.8. The number of aromatic hydroxyl groups is 2. The lowest BCUT2D eigenvalue weighted by molar-refractivity contribution is -0.384. The van der Waals surface area contributed by atoms with Gasteiger partial charge in [0.25, 0.3) is 5.69 Å². The number of rotatable bonds is 1. The summed E-state index contributed by atoms with van der Waals surface area (Å²) in [6, 6.07) is 6.16. The molecule has 3 aromatic rings. The molecule has 3 rings (SSSR count). The van der Waals surface area contributed by atoms with Gasteiger partial charge in [-0.2, -0.15) is 0 Å². The Kier molecular flexibility index (Phi) is 2.37. The van der Waals surface area contributed by atoms with Crippen LogP contribution in [0.15, 0.2) is 39.5 Å². The normalized spacial score (nSPS) is 11.0. The van der Waals surface area contributed by atoms with Crippen LogP contribution in [0.2, 0.25) is 0 Å². The van der Waals surface area contributed by atoms with E-state index in [1.165, 1.54) is 24.3 Å². The van der Waals surface area contributed by atoms with Crippen LogP contribution < -0.4 is 5.63 Å². The van der Waals surface area contributed by atoms with Gasteiger partial charge in [-0.05, 0) is 18.2 Å². The number of nitro benzene ring substituents is 1. The fourth-order valence-electron chi connectivity index (χ4n) is 2.09. The van der Waals surface area contributed by atoms with Crippen molar-refractivity contribution in [2.75, 3.05) is 0 Å². The van der Waals surface area contributed by atoms with E-state index >= 15 is 0 Å². The summed E-state index contributed by atoms with van der Waals surface area (Å²) in [6.45, 7) is 0. The summed E-state index contributed by atoms with van der Waals surface area (Å²) in [6.07, 6.45) is 0. The van der Waals surface area contributed by atoms with Crippen LogP contribution in [0.25, 0.3) is 21.7 Å². The van der Waals surface area contributed by atoms with E-state index in [-0.39, 0.29) is 33.2 Å². The highest BCUT2D eigenvalue weighted by Crippen LogP contribution is 2.37. The predicted octanol–water partition coefficient (Wildman–Crippen LogP) is 2.27. The third-order valence-corrected chi connectivity index (χ3v) is 3.02. The number of nitrogens with zero attached hydrogens (tertiary/aromatic N) is 1. The molecule has 0 aliphatic rings. The number of phenols is 2. The number of hydrogen-bond acceptors (Lipinski definition) is 6. The number of hydrogen-bond donors (Lipinski definition) is 2. The fourth-order valence-corrected chi connectivity index (χ4v) is 2.09. The molecule has 0 spiro atoms. The van der Waals surface area contributed by atoms with E-state index in [0.29, 0.717) is 0 Å². The number of fused-ring (bicyclic) bond motifs is 3. The van der Waals surface area contributed by atoms with Gasteiger partial charge >= 0.3 is 5.63 Å². The summed E-state index contributed by atoms with van der Waals surface area (Å²) >= 11 is 0. The van der Waals surface area contributed by atoms with E-state index in [1.54, 1.807) is 0 Å². The molecule has 0 aliphatic carbocycles. The standard InChI is InChI=1S/C13H7NO6/c15-9-3-4-10-11(12(9)16)7-2-1-6(14(18)19)5-8(7)13(17)20-10/h1-5,15-16H. The predicted molar refractivity (Wildman–Crippen MR) is 70.0 cm³/mol. The molecule has 1 aromatic heterocycles. The van der Waals surface area contributed by atoms with Crippen molar-refractivity contribution in [2.45, 2.75) is 0 Å². The van der Waals surface area contributed by atoms with Gasteiger partial charge in [0.05, 0.1) is 15.7 Å². The van der Waals surface area contributed by atoms with Crippen molar-refractivity contribution >= 4 is 27.4 Å². The molecule has 7 heteroatoms. The fraction of sp³-hybridized carbons (Fsp3) is 0. The lowest BCUT2D eigenvalue weighted by Gasteiger charge is -2.05. The zero-order valence-electron chi connectivity index (χ0n) is 9.86. The van der Waals surface area contributed by atoms with Crippen LogP contribution in [0.1, 0.15) is 0 Å². The number of benzene rings is 2. The molecule has 0 bridgehead atoms. The zero-order valence-corrected chi connectivity index (χ0v) is 9.86. The van der Waals surface area contributed by atoms with Crippen molar-refractivity contribution in [3.63, 3.8) is 0 Å². The van der Waals surface area contributed by atoms with E-state index in [1.807, 2.05) is 0 Å². The minimum Gasteiger partial charge on any atom is -0.504 e. The Labute approximate surface area is 110 Å². The minimum absolute atomic E-state index is 0.0346. The Morgan fingerprint density at radius 1 is 1.10 bits per heavy atom. The molecule has 0 aliphatic heterocycles. The van der Waals surface area contributed by atoms with Gasteiger partial charge in [0.1, 0.15) is 5.58 Å². The van der Waals surface area contributed by atoms with Gasteiger partial charge in [0.15, 0.2) is 11.5 Å². The molecule has 0 saturated carbocycles. The first-order valence-electron chi connectivity index (χ1n) is 5.55. The van der Waals surface area contributed by atoms with Gasteiger partial charge in [-0.1, -0.05) is 0 Å². The van der Waals surface area contributed by atoms with E-state index in [0.717, 1.165) is 6.07 Å². The van der Waals surface area contributed by atoms with Crippen LogP contribution in [0, 0.1) is 10.1 Å². The lowest BCUT2D eigenvalue weighted by Crippen LogP contribution is -2.01. The van der Waals surface area contributed by atoms with E-state index in [2.05, 4.69) is 0 Å². The van der Waals surface area contributed by atoms with Gasteiger partial charge in [-0.3, -0.25) is 10.1 Å². The van der Waals surface area contributed by atoms with Crippen molar-refractivity contribution in [2.24, 2.45) is 0 Å². The average Bonchev–Trinajstić information content (AvgIpc) is 2.42. The molecule has 0 saturated heterocycles. The van der Waals surface area contributed by atoms with Gasteiger partial charge in [0, 0.05) is 17.5 Å². The summed E-state index contributed by atoms with van der Waals surface area (Å²) in [5, 5.41) is 30.5. The second-order valence-corrected chi connectivity index (χ2v) is 4.18. The maximum absolute atomic E-state index is 11.8. The van der Waals surface area contributed by atoms with Gasteiger partial charge in [-0.25, -0.2) is 4.79 Å². The molecule has 100 valence electrons. The summed E-state index contributed by atoms with van der Waals surface area (Å²) in [4.78, 5) is 21.9. The Hall–Kier alpha value is -3.09. The van der Waals surface area contributed by atoms with E-state index < -0.39 is 16.3 Å². The molecule has 0 unspecified atom stereocenters. The molecule has 2 aromatic carbocycles. The first-order valence-corrected chi connectivity index (χ1v) is 5.55. The lowest BCUT2D eigenvalue weighted by atomic mass is 10.1. The van der Waals surface area contributed by atoms with Crippen LogP contribution in [0.5, 0.6) is 11.5 Å². The Balaban J connectivity index is 2.56. The van der Waals surface area contributed by atoms with Gasteiger partial charge in [0.2, 0.25) is 0 Å². The van der Waals surface area contributed by atoms with Crippen LogP contribution in [0.3, 0.4) is 0 Å². The molecule has 0 atom stereocenters. The Morgan fingerprint density at radius 3 is 2.55 bits per heavy atom. The van der Waals surface area contributed by atoms with Gasteiger partial charge < -0.3 is 14.6 Å². The van der Waals surface area contributed by atoms with Crippen molar-refractivity contribution in [3.8, 4) is 11.5 Å². The number of non-ortho nitro benzene ring substituents is 1. The van der Waals surface area contributed by atoms with E-state index in [4.69, 9.17) is 4.42 Å². The largest absolute Gasteiger partial charge is 0.504 e. The minimum atomic E-state index is -0.749. The maximum Gasteiger partial charge on any atom is 0.344 e. The van der Waals surface area contributed by atoms with Crippen LogP contribution in [-0.2, 0) is 0 Å². The molecule has 0 fully saturated rings. The summed E-state index contributed by atoms with van der Waals surface area (Å²) in [5.74, 6) is -0.809. The third kappa shape index (κ3) is 1.57. The average molecular weight is 273 g/mol. The third-order valence-electron chi connectivity index (χ3n) is 3.02. The Bertz CT molecular complexity index is 927. The molecule has 1 heterocycles. The van der Waals surface area contributed by atoms with Crippen LogP contribution >= 0.6 is 0 Å². The molecule has 0 radical (unpaired) electrons. The monoisotopic (exact) mass is 273 g/mol. The highest BCUT2D eigenvalue weighted by molar-refractivity contribution is 6.08. The highest BCUT2D eigenvalue weighted by atomic mass is 16.6. The summed E-state index contributed by atoms with van der Waals surface area (Å²) in [5.41, 5.74) is -0.920. The van der Waals surface area contributed by atoms with Crippen molar-refractivity contribution in [1.82, 2.24) is 0 Å². The highest BCUT2D eigenvalue weighted by Gasteiger charge is 2.16. The molecular weight excluding hydrogens is 266 g/mol. The number of nitro groups is 1. The zero-order chi connectivity index (χ0) is 14.4. The Morgan fingerprint density at radius 2 is 1.85 bits per heavy atom. The number of phenolic OH excluding ortho intramolecular Hbond substituents is 2. The summed E-state index contributed by atoms with van der Waals surface area (Å²) in [7, 11) is 0. The molecular formula is C13H7NO6. The second kappa shape index (κ2) is 3.95. The SMILES string of the molecule is O=c1oc2ccc(O)c(O)c2c2ccc([N+](=O)[O-])cc12. The van der Waals surface area contributed by atoms with Crippen LogP contribution in [-0.4, -0.2) is 15.1 Å². The second-order valence-electron chi connectivity index (χ2n) is 4.18. The van der Waals surface area contributed by atoms with Crippen molar-refractivity contribution in [1.29, 1.82) is 0 Å². The van der Waals surface area contributed by atoms with Gasteiger partial charge in [-0.15, -0.1) is 0 Å². The van der Waals surface area contributed by atoms with E-state index in [9.17, 15) is 25.1 Å². The van der Waals surface area contributed by atoms with Crippen LogP contribution in [0.4, 0.5) is 5.69 Å². The molecule has 0 amide bonds. The molecule has 20 heavy (non-hydrogen) atoms. The molecule has 7 nitrogen and oxygen atoms in total. The first kappa shape index (κ1) is 12.0. The van der Waals surface area contributed by atoms with Crippen molar-refractivity contribution < 1.29 is 19.6 Å². The quantitative estimate of drug-likeness (QED) is 0.231. The topological polar surface area (TPSA) is 114 Å². The molecule has 2 N–H and O–H groups in total. The summed E-state index contributed by atoms with van der Waals surface area (Å²) < 4.78 is 5.00. The van der Waals surface area contributed by atoms with Crippen molar-refractivity contribution in [3.05, 3.63) is 50.9 Å². The smallest absolute Gasteiger partial charge is 0.344 e.